The van der Waals surface area contributed by atoms with Gasteiger partial charge in [0.2, 0.25) is 11.9 Å². The van der Waals surface area contributed by atoms with Gasteiger partial charge in [0.1, 0.15) is 0 Å². The molecule has 0 radical (unpaired) electrons. The number of aromatic nitrogens is 3. The summed E-state index contributed by atoms with van der Waals surface area (Å²) in [6, 6.07) is 12.5. The maximum atomic E-state index is 12.8. The summed E-state index contributed by atoms with van der Waals surface area (Å²) in [5.74, 6) is 1.50. The molecule has 4 rings (SSSR count). The van der Waals surface area contributed by atoms with Crippen LogP contribution in [-0.4, -0.2) is 39.5 Å². The number of nitrogens with zero attached hydrogens (tertiary/aromatic N) is 4. The van der Waals surface area contributed by atoms with Gasteiger partial charge in [0.05, 0.1) is 17.5 Å². The van der Waals surface area contributed by atoms with Crippen molar-refractivity contribution in [1.29, 1.82) is 0 Å². The number of hydrogen-bond acceptors (Lipinski definition) is 6. The summed E-state index contributed by atoms with van der Waals surface area (Å²) in [5, 5.41) is 14.9. The van der Waals surface area contributed by atoms with E-state index >= 15 is 0 Å². The van der Waals surface area contributed by atoms with Crippen LogP contribution in [0.4, 0.5) is 5.95 Å². The van der Waals surface area contributed by atoms with E-state index in [0.29, 0.717) is 11.7 Å². The summed E-state index contributed by atoms with van der Waals surface area (Å²) in [6.45, 7) is 8.33. The summed E-state index contributed by atoms with van der Waals surface area (Å²) in [6.07, 6.45) is 2.34. The molecule has 1 unspecified atom stereocenters. The zero-order valence-corrected chi connectivity index (χ0v) is 19.9. The van der Waals surface area contributed by atoms with Crippen LogP contribution in [0.25, 0.3) is 5.69 Å². The van der Waals surface area contributed by atoms with Crippen LogP contribution in [0.1, 0.15) is 43.2 Å². The molecule has 1 aliphatic heterocycles. The molecule has 1 atom stereocenters. The number of carbonyl (C=O) groups is 1. The molecule has 31 heavy (non-hydrogen) atoms. The van der Waals surface area contributed by atoms with Gasteiger partial charge in [0.25, 0.3) is 0 Å². The molecule has 1 fully saturated rings. The van der Waals surface area contributed by atoms with Crippen LogP contribution in [0.3, 0.4) is 0 Å². The molecule has 0 bridgehead atoms. The lowest BCUT2D eigenvalue weighted by molar-refractivity contribution is -0.119. The fourth-order valence-corrected chi connectivity index (χ4v) is 5.48. The summed E-state index contributed by atoms with van der Waals surface area (Å²) in [5.41, 5.74) is 2.24. The molecule has 3 heterocycles. The Hall–Kier alpha value is -2.32. The molecule has 6 nitrogen and oxygen atoms in total. The minimum atomic E-state index is 0.0123. The summed E-state index contributed by atoms with van der Waals surface area (Å²) < 4.78 is 2.09. The molecule has 1 aliphatic rings. The predicted molar refractivity (Wildman–Crippen MR) is 128 cm³/mol. The number of nitrogens with one attached hydrogen (secondary N) is 1. The lowest BCUT2D eigenvalue weighted by Crippen LogP contribution is -2.32. The number of rotatable bonds is 8. The van der Waals surface area contributed by atoms with Crippen LogP contribution < -0.4 is 10.2 Å². The van der Waals surface area contributed by atoms with E-state index in [1.54, 1.807) is 11.3 Å². The molecule has 2 aromatic heterocycles. The second-order valence-electron chi connectivity index (χ2n) is 8.24. The first kappa shape index (κ1) is 21.9. The molecular formula is C23H29N5OS2. The van der Waals surface area contributed by atoms with Gasteiger partial charge in [0.15, 0.2) is 5.16 Å². The number of hydrogen-bond donors (Lipinski definition) is 1. The highest BCUT2D eigenvalue weighted by Gasteiger charge is 2.24. The topological polar surface area (TPSA) is 63.1 Å². The van der Waals surface area contributed by atoms with E-state index in [1.165, 1.54) is 35.0 Å². The van der Waals surface area contributed by atoms with E-state index in [4.69, 9.17) is 0 Å². The molecule has 1 aromatic carbocycles. The first-order chi connectivity index (χ1) is 15.0. The fourth-order valence-electron chi connectivity index (χ4n) is 3.78. The minimum absolute atomic E-state index is 0.0123. The van der Waals surface area contributed by atoms with Gasteiger partial charge in [-0.3, -0.25) is 9.36 Å². The lowest BCUT2D eigenvalue weighted by Gasteiger charge is -2.21. The molecule has 164 valence electrons. The molecule has 1 amide bonds. The molecule has 1 saturated heterocycles. The Morgan fingerprint density at radius 1 is 1.16 bits per heavy atom. The molecule has 0 saturated carbocycles. The largest absolute Gasteiger partial charge is 0.347 e. The van der Waals surface area contributed by atoms with Gasteiger partial charge in [-0.15, -0.1) is 21.5 Å². The molecule has 1 N–H and O–H groups in total. The number of anilines is 1. The zero-order chi connectivity index (χ0) is 21.8. The van der Waals surface area contributed by atoms with Crippen molar-refractivity contribution < 1.29 is 4.79 Å². The van der Waals surface area contributed by atoms with Crippen LogP contribution in [0, 0.1) is 12.8 Å². The average Bonchev–Trinajstić information content (AvgIpc) is 3.52. The highest BCUT2D eigenvalue weighted by molar-refractivity contribution is 7.99. The van der Waals surface area contributed by atoms with Gasteiger partial charge < -0.3 is 10.2 Å². The number of thioether (sulfide) groups is 1. The van der Waals surface area contributed by atoms with Gasteiger partial charge in [-0.1, -0.05) is 49.4 Å². The monoisotopic (exact) mass is 455 g/mol. The summed E-state index contributed by atoms with van der Waals surface area (Å²) in [4.78, 5) is 16.3. The SMILES string of the molecule is Cc1ccc(-n2c(SCC(=O)NC(c3cccs3)C(C)C)nnc2N2CCCC2)cc1. The molecule has 0 spiro atoms. The maximum absolute atomic E-state index is 12.8. The van der Waals surface area contributed by atoms with E-state index in [-0.39, 0.29) is 11.9 Å². The quantitative estimate of drug-likeness (QED) is 0.492. The highest BCUT2D eigenvalue weighted by Crippen LogP contribution is 2.30. The minimum Gasteiger partial charge on any atom is -0.347 e. The van der Waals surface area contributed by atoms with E-state index in [1.807, 2.05) is 6.07 Å². The van der Waals surface area contributed by atoms with Crippen molar-refractivity contribution >= 4 is 35.0 Å². The van der Waals surface area contributed by atoms with Crippen LogP contribution in [0.2, 0.25) is 0 Å². The Morgan fingerprint density at radius 2 is 1.90 bits per heavy atom. The summed E-state index contributed by atoms with van der Waals surface area (Å²) >= 11 is 3.12. The Balaban J connectivity index is 1.51. The Labute approximate surface area is 192 Å². The smallest absolute Gasteiger partial charge is 0.232 e. The van der Waals surface area contributed by atoms with Gasteiger partial charge in [-0.25, -0.2) is 0 Å². The third-order valence-electron chi connectivity index (χ3n) is 5.46. The van der Waals surface area contributed by atoms with Crippen molar-refractivity contribution in [2.75, 3.05) is 23.7 Å². The maximum Gasteiger partial charge on any atom is 0.232 e. The third-order valence-corrected chi connectivity index (χ3v) is 7.35. The van der Waals surface area contributed by atoms with E-state index in [0.717, 1.165) is 29.9 Å². The van der Waals surface area contributed by atoms with Crippen LogP contribution in [-0.2, 0) is 4.79 Å². The van der Waals surface area contributed by atoms with Crippen molar-refractivity contribution in [2.45, 2.75) is 44.8 Å². The Bertz CT molecular complexity index is 992. The first-order valence-electron chi connectivity index (χ1n) is 10.8. The van der Waals surface area contributed by atoms with Crippen molar-refractivity contribution in [3.8, 4) is 5.69 Å². The van der Waals surface area contributed by atoms with Gasteiger partial charge in [-0.05, 0) is 49.3 Å². The molecule has 8 heteroatoms. The van der Waals surface area contributed by atoms with Crippen molar-refractivity contribution in [2.24, 2.45) is 5.92 Å². The number of amides is 1. The van der Waals surface area contributed by atoms with E-state index in [2.05, 4.69) is 81.5 Å². The molecule has 3 aromatic rings. The van der Waals surface area contributed by atoms with Gasteiger partial charge in [-0.2, -0.15) is 0 Å². The fraction of sp³-hybridized carbons (Fsp3) is 0.435. The van der Waals surface area contributed by atoms with Gasteiger partial charge >= 0.3 is 0 Å². The summed E-state index contributed by atoms with van der Waals surface area (Å²) in [7, 11) is 0. The molecule has 0 aliphatic carbocycles. The standard InChI is InChI=1S/C23H29N5OS2/c1-16(2)21(19-7-6-14-30-19)24-20(29)15-31-23-26-25-22(27-12-4-5-13-27)28(23)18-10-8-17(3)9-11-18/h6-11,14,16,21H,4-5,12-13,15H2,1-3H3,(H,24,29). The second kappa shape index (κ2) is 9.87. The number of carbonyl (C=O) groups excluding carboxylic acids is 1. The van der Waals surface area contributed by atoms with Gasteiger partial charge in [0, 0.05) is 18.0 Å². The van der Waals surface area contributed by atoms with Crippen LogP contribution >= 0.6 is 23.1 Å². The third kappa shape index (κ3) is 5.13. The first-order valence-corrected chi connectivity index (χ1v) is 12.6. The average molecular weight is 456 g/mol. The number of aryl methyl sites for hydroxylation is 1. The van der Waals surface area contributed by atoms with E-state index in [9.17, 15) is 4.79 Å². The predicted octanol–water partition coefficient (Wildman–Crippen LogP) is 4.84. The number of thiophene rings is 1. The van der Waals surface area contributed by atoms with Crippen LogP contribution in [0.5, 0.6) is 0 Å². The van der Waals surface area contributed by atoms with E-state index < -0.39 is 0 Å². The lowest BCUT2D eigenvalue weighted by atomic mass is 10.0. The Morgan fingerprint density at radius 3 is 2.55 bits per heavy atom. The normalized spacial score (nSPS) is 14.9. The highest BCUT2D eigenvalue weighted by atomic mass is 32.2. The van der Waals surface area contributed by atoms with Crippen molar-refractivity contribution in [1.82, 2.24) is 20.1 Å². The van der Waals surface area contributed by atoms with Crippen LogP contribution in [0.15, 0.2) is 46.9 Å². The number of benzene rings is 1. The second-order valence-corrected chi connectivity index (χ2v) is 10.2. The Kier molecular flexibility index (Phi) is 6.97. The van der Waals surface area contributed by atoms with Crippen molar-refractivity contribution in [3.05, 3.63) is 52.2 Å². The van der Waals surface area contributed by atoms with Crippen molar-refractivity contribution in [3.63, 3.8) is 0 Å². The zero-order valence-electron chi connectivity index (χ0n) is 18.2. The molecular weight excluding hydrogens is 426 g/mol.